The SMILES string of the molecule is COc1cccc(C(=O)NCc2ccc(S(=O)(=O)N3CCC(Nc4ccccc4[N+](=O)[O-])CC3)s2)c1. The number of sulfonamides is 1. The van der Waals surface area contributed by atoms with Crippen LogP contribution in [0.2, 0.25) is 0 Å². The summed E-state index contributed by atoms with van der Waals surface area (Å²) in [6.07, 6.45) is 1.06. The monoisotopic (exact) mass is 530 g/mol. The van der Waals surface area contributed by atoms with E-state index in [9.17, 15) is 23.3 Å². The molecular weight excluding hydrogens is 504 g/mol. The molecule has 36 heavy (non-hydrogen) atoms. The van der Waals surface area contributed by atoms with Gasteiger partial charge in [0.1, 0.15) is 15.6 Å². The van der Waals surface area contributed by atoms with Crippen LogP contribution in [0.4, 0.5) is 11.4 Å². The van der Waals surface area contributed by atoms with E-state index in [1.807, 2.05) is 0 Å². The maximum Gasteiger partial charge on any atom is 0.292 e. The molecule has 2 aromatic carbocycles. The van der Waals surface area contributed by atoms with Gasteiger partial charge in [-0.05, 0) is 49.2 Å². The fraction of sp³-hybridized carbons (Fsp3) is 0.292. The second-order valence-corrected chi connectivity index (χ2v) is 11.6. The maximum absolute atomic E-state index is 13.2. The second kappa shape index (κ2) is 11.1. The number of nitrogens with one attached hydrogen (secondary N) is 2. The average Bonchev–Trinajstić information content (AvgIpc) is 3.38. The van der Waals surface area contributed by atoms with Crippen LogP contribution in [-0.4, -0.2) is 49.8 Å². The highest BCUT2D eigenvalue weighted by atomic mass is 32.2. The number of para-hydroxylation sites is 2. The minimum absolute atomic E-state index is 0.00263. The third kappa shape index (κ3) is 5.83. The summed E-state index contributed by atoms with van der Waals surface area (Å²) in [6.45, 7) is 0.818. The van der Waals surface area contributed by atoms with Gasteiger partial charge in [-0.25, -0.2) is 8.42 Å². The number of amides is 1. The molecule has 1 aliphatic rings. The smallest absolute Gasteiger partial charge is 0.292 e. The number of thiophene rings is 1. The van der Waals surface area contributed by atoms with Gasteiger partial charge in [0.15, 0.2) is 0 Å². The van der Waals surface area contributed by atoms with Crippen molar-refractivity contribution in [1.29, 1.82) is 0 Å². The Bertz CT molecular complexity index is 1350. The van der Waals surface area contributed by atoms with Gasteiger partial charge in [0.05, 0.1) is 18.6 Å². The molecular formula is C24H26N4O6S2. The molecule has 3 aromatic rings. The number of nitrogens with zero attached hydrogens (tertiary/aromatic N) is 2. The summed E-state index contributed by atoms with van der Waals surface area (Å²) in [5, 5.41) is 17.2. The minimum Gasteiger partial charge on any atom is -0.497 e. The first kappa shape index (κ1) is 25.6. The summed E-state index contributed by atoms with van der Waals surface area (Å²) in [7, 11) is -2.15. The van der Waals surface area contributed by atoms with Crippen LogP contribution in [0.5, 0.6) is 5.75 Å². The third-order valence-electron chi connectivity index (χ3n) is 5.90. The molecule has 2 heterocycles. The molecule has 10 nitrogen and oxygen atoms in total. The lowest BCUT2D eigenvalue weighted by molar-refractivity contribution is -0.384. The van der Waals surface area contributed by atoms with Crippen LogP contribution in [0.15, 0.2) is 64.9 Å². The van der Waals surface area contributed by atoms with E-state index in [2.05, 4.69) is 10.6 Å². The number of piperidine rings is 1. The van der Waals surface area contributed by atoms with E-state index in [-0.39, 0.29) is 28.4 Å². The molecule has 0 aliphatic carbocycles. The number of methoxy groups -OCH3 is 1. The van der Waals surface area contributed by atoms with E-state index in [0.29, 0.717) is 42.9 Å². The molecule has 0 bridgehead atoms. The zero-order chi connectivity index (χ0) is 25.7. The van der Waals surface area contributed by atoms with Crippen LogP contribution in [-0.2, 0) is 16.6 Å². The van der Waals surface area contributed by atoms with Crippen LogP contribution in [0, 0.1) is 10.1 Å². The highest BCUT2D eigenvalue weighted by Gasteiger charge is 2.31. The summed E-state index contributed by atoms with van der Waals surface area (Å²) in [6, 6.07) is 16.4. The van der Waals surface area contributed by atoms with Gasteiger partial charge >= 0.3 is 0 Å². The topological polar surface area (TPSA) is 131 Å². The van der Waals surface area contributed by atoms with Crippen molar-refractivity contribution in [2.75, 3.05) is 25.5 Å². The van der Waals surface area contributed by atoms with Crippen molar-refractivity contribution in [2.45, 2.75) is 29.6 Å². The molecule has 12 heteroatoms. The van der Waals surface area contributed by atoms with Crippen molar-refractivity contribution in [3.05, 3.63) is 81.2 Å². The Hall–Kier alpha value is -3.48. The number of nitro benzene ring substituents is 1. The largest absolute Gasteiger partial charge is 0.497 e. The Balaban J connectivity index is 1.33. The molecule has 1 fully saturated rings. The zero-order valence-electron chi connectivity index (χ0n) is 19.5. The van der Waals surface area contributed by atoms with Crippen LogP contribution in [0.1, 0.15) is 28.1 Å². The van der Waals surface area contributed by atoms with E-state index >= 15 is 0 Å². The number of hydrogen-bond donors (Lipinski definition) is 2. The van der Waals surface area contributed by atoms with Crippen LogP contribution in [0.25, 0.3) is 0 Å². The highest BCUT2D eigenvalue weighted by molar-refractivity contribution is 7.91. The van der Waals surface area contributed by atoms with Crippen molar-refractivity contribution in [2.24, 2.45) is 0 Å². The zero-order valence-corrected chi connectivity index (χ0v) is 21.2. The van der Waals surface area contributed by atoms with Crippen molar-refractivity contribution >= 4 is 38.6 Å². The molecule has 1 saturated heterocycles. The Morgan fingerprint density at radius 3 is 2.61 bits per heavy atom. The van der Waals surface area contributed by atoms with Gasteiger partial charge in [0, 0.05) is 35.6 Å². The molecule has 0 spiro atoms. The minimum atomic E-state index is -3.67. The third-order valence-corrected chi connectivity index (χ3v) is 9.35. The first-order chi connectivity index (χ1) is 17.3. The van der Waals surface area contributed by atoms with E-state index < -0.39 is 14.9 Å². The number of anilines is 1. The number of nitro groups is 1. The van der Waals surface area contributed by atoms with Crippen molar-refractivity contribution < 1.29 is 22.9 Å². The van der Waals surface area contributed by atoms with Gasteiger partial charge in [-0.15, -0.1) is 11.3 Å². The Kier molecular flexibility index (Phi) is 7.87. The van der Waals surface area contributed by atoms with Gasteiger partial charge in [0.25, 0.3) is 21.6 Å². The van der Waals surface area contributed by atoms with Crippen LogP contribution in [0.3, 0.4) is 0 Å². The lowest BCUT2D eigenvalue weighted by Gasteiger charge is -2.31. The van der Waals surface area contributed by atoms with Gasteiger partial charge in [-0.3, -0.25) is 14.9 Å². The summed E-state index contributed by atoms with van der Waals surface area (Å²) >= 11 is 1.13. The van der Waals surface area contributed by atoms with Crippen LogP contribution < -0.4 is 15.4 Å². The number of ether oxygens (including phenoxy) is 1. The number of carbonyl (C=O) groups excluding carboxylic acids is 1. The van der Waals surface area contributed by atoms with E-state index in [0.717, 1.165) is 16.2 Å². The van der Waals surface area contributed by atoms with Gasteiger partial charge < -0.3 is 15.4 Å². The lowest BCUT2D eigenvalue weighted by atomic mass is 10.1. The fourth-order valence-electron chi connectivity index (χ4n) is 3.97. The Labute approximate surface area is 213 Å². The molecule has 4 rings (SSSR count). The lowest BCUT2D eigenvalue weighted by Crippen LogP contribution is -2.42. The fourth-order valence-corrected chi connectivity index (χ4v) is 6.89. The molecule has 1 aromatic heterocycles. The van der Waals surface area contributed by atoms with Crippen molar-refractivity contribution in [3.63, 3.8) is 0 Å². The summed E-state index contributed by atoms with van der Waals surface area (Å²) in [5.74, 6) is 0.299. The summed E-state index contributed by atoms with van der Waals surface area (Å²) in [4.78, 5) is 23.9. The molecule has 0 saturated carbocycles. The molecule has 0 radical (unpaired) electrons. The maximum atomic E-state index is 13.2. The Morgan fingerprint density at radius 1 is 1.14 bits per heavy atom. The first-order valence-corrected chi connectivity index (χ1v) is 13.5. The van der Waals surface area contributed by atoms with Crippen molar-refractivity contribution in [1.82, 2.24) is 9.62 Å². The second-order valence-electron chi connectivity index (χ2n) is 8.23. The van der Waals surface area contributed by atoms with Crippen molar-refractivity contribution in [3.8, 4) is 5.75 Å². The normalized spacial score (nSPS) is 14.8. The number of carbonyl (C=O) groups is 1. The van der Waals surface area contributed by atoms with Gasteiger partial charge in [0.2, 0.25) is 0 Å². The summed E-state index contributed by atoms with van der Waals surface area (Å²) in [5.41, 5.74) is 0.885. The van der Waals surface area contributed by atoms with Gasteiger partial charge in [-0.1, -0.05) is 18.2 Å². The molecule has 0 unspecified atom stereocenters. The molecule has 0 atom stereocenters. The molecule has 1 amide bonds. The summed E-state index contributed by atoms with van der Waals surface area (Å²) < 4.78 is 33.1. The number of rotatable bonds is 9. The van der Waals surface area contributed by atoms with Crippen LogP contribution >= 0.6 is 11.3 Å². The van der Waals surface area contributed by atoms with Gasteiger partial charge in [-0.2, -0.15) is 4.31 Å². The van der Waals surface area contributed by atoms with E-state index in [1.165, 1.54) is 17.5 Å². The number of benzene rings is 2. The standard InChI is InChI=1S/C24H26N4O6S2/c1-34-19-6-4-5-17(15-19)24(29)25-16-20-9-10-23(35-20)36(32,33)27-13-11-18(12-14-27)26-21-7-2-3-8-22(21)28(30)31/h2-10,15,18,26H,11-14,16H2,1H3,(H,25,29). The highest BCUT2D eigenvalue weighted by Crippen LogP contribution is 2.30. The quantitative estimate of drug-likeness (QED) is 0.317. The van der Waals surface area contributed by atoms with E-state index in [1.54, 1.807) is 54.6 Å². The predicted octanol–water partition coefficient (Wildman–Crippen LogP) is 3.86. The number of hydrogen-bond acceptors (Lipinski definition) is 8. The van der Waals surface area contributed by atoms with E-state index in [4.69, 9.17) is 4.74 Å². The molecule has 190 valence electrons. The molecule has 1 aliphatic heterocycles. The predicted molar refractivity (Wildman–Crippen MR) is 137 cm³/mol. The Morgan fingerprint density at radius 2 is 1.89 bits per heavy atom. The average molecular weight is 531 g/mol. The first-order valence-electron chi connectivity index (χ1n) is 11.3. The molecule has 2 N–H and O–H groups in total.